The summed E-state index contributed by atoms with van der Waals surface area (Å²) in [6.45, 7) is 2.75. The standard InChI is InChI=1S/C15H18N4OS/c1-11-9-13(21-12(11)5-4-6-16)15(20)19(3)10-14-17-7-8-18(14)2/h7-9H,6,10,16H2,1-3H3. The molecule has 2 rings (SSSR count). The molecule has 2 heterocycles. The number of carbonyl (C=O) groups is 1. The number of nitrogens with zero attached hydrogens (tertiary/aromatic N) is 3. The Morgan fingerprint density at radius 3 is 2.95 bits per heavy atom. The van der Waals surface area contributed by atoms with E-state index in [0.717, 1.165) is 16.3 Å². The summed E-state index contributed by atoms with van der Waals surface area (Å²) in [6, 6.07) is 1.88. The minimum Gasteiger partial charge on any atom is -0.337 e. The number of hydrogen-bond donors (Lipinski definition) is 1. The first-order valence-electron chi connectivity index (χ1n) is 6.54. The van der Waals surface area contributed by atoms with Gasteiger partial charge in [-0.1, -0.05) is 11.8 Å². The Morgan fingerprint density at radius 2 is 2.33 bits per heavy atom. The molecule has 0 aromatic carbocycles. The van der Waals surface area contributed by atoms with Crippen LogP contribution in [0.1, 0.15) is 25.9 Å². The van der Waals surface area contributed by atoms with E-state index in [9.17, 15) is 4.79 Å². The van der Waals surface area contributed by atoms with Gasteiger partial charge in [-0.3, -0.25) is 4.79 Å². The van der Waals surface area contributed by atoms with Crippen LogP contribution in [0.5, 0.6) is 0 Å². The lowest BCUT2D eigenvalue weighted by atomic mass is 10.2. The van der Waals surface area contributed by atoms with Crippen molar-refractivity contribution in [3.63, 3.8) is 0 Å². The number of amides is 1. The molecule has 0 bridgehead atoms. The van der Waals surface area contributed by atoms with Gasteiger partial charge in [-0.25, -0.2) is 4.98 Å². The highest BCUT2D eigenvalue weighted by Crippen LogP contribution is 2.22. The molecule has 0 atom stereocenters. The highest BCUT2D eigenvalue weighted by Gasteiger charge is 2.17. The lowest BCUT2D eigenvalue weighted by Crippen LogP contribution is -2.26. The van der Waals surface area contributed by atoms with E-state index in [1.54, 1.807) is 18.1 Å². The fraction of sp³-hybridized carbons (Fsp3) is 0.333. The summed E-state index contributed by atoms with van der Waals surface area (Å²) in [6.07, 6.45) is 3.59. The molecule has 0 aliphatic heterocycles. The van der Waals surface area contributed by atoms with Crippen LogP contribution in [0, 0.1) is 18.8 Å². The summed E-state index contributed by atoms with van der Waals surface area (Å²) in [4.78, 5) is 19.9. The van der Waals surface area contributed by atoms with E-state index >= 15 is 0 Å². The van der Waals surface area contributed by atoms with Gasteiger partial charge >= 0.3 is 0 Å². The molecular weight excluding hydrogens is 284 g/mol. The first-order chi connectivity index (χ1) is 10.0. The second kappa shape index (κ2) is 6.57. The molecule has 0 aliphatic carbocycles. The van der Waals surface area contributed by atoms with Gasteiger partial charge in [0.2, 0.25) is 0 Å². The molecule has 0 radical (unpaired) electrons. The maximum atomic E-state index is 12.4. The summed E-state index contributed by atoms with van der Waals surface area (Å²) in [5, 5.41) is 0. The number of aromatic nitrogens is 2. The minimum absolute atomic E-state index is 0.0214. The van der Waals surface area contributed by atoms with Crippen molar-refractivity contribution < 1.29 is 4.79 Å². The topological polar surface area (TPSA) is 64.2 Å². The SMILES string of the molecule is Cc1cc(C(=O)N(C)Cc2nccn2C)sc1C#CCN. The maximum Gasteiger partial charge on any atom is 0.264 e. The van der Waals surface area contributed by atoms with Gasteiger partial charge in [0, 0.05) is 26.5 Å². The smallest absolute Gasteiger partial charge is 0.264 e. The molecule has 0 unspecified atom stereocenters. The third-order valence-electron chi connectivity index (χ3n) is 3.08. The van der Waals surface area contributed by atoms with E-state index in [0.29, 0.717) is 18.0 Å². The van der Waals surface area contributed by atoms with Gasteiger partial charge in [0.05, 0.1) is 22.8 Å². The van der Waals surface area contributed by atoms with Gasteiger partial charge in [0.1, 0.15) is 5.82 Å². The molecule has 1 amide bonds. The number of carbonyl (C=O) groups excluding carboxylic acids is 1. The number of aryl methyl sites for hydroxylation is 2. The molecule has 21 heavy (non-hydrogen) atoms. The average Bonchev–Trinajstić information content (AvgIpc) is 3.02. The molecule has 6 heteroatoms. The molecule has 0 saturated carbocycles. The molecule has 2 aromatic rings. The first-order valence-corrected chi connectivity index (χ1v) is 7.35. The normalized spacial score (nSPS) is 10.1. The Hall–Kier alpha value is -2.10. The average molecular weight is 302 g/mol. The van der Waals surface area contributed by atoms with E-state index in [2.05, 4.69) is 16.8 Å². The van der Waals surface area contributed by atoms with Gasteiger partial charge in [-0.05, 0) is 18.6 Å². The van der Waals surface area contributed by atoms with Crippen LogP contribution < -0.4 is 5.73 Å². The van der Waals surface area contributed by atoms with Crippen LogP contribution in [0.4, 0.5) is 0 Å². The fourth-order valence-electron chi connectivity index (χ4n) is 1.86. The summed E-state index contributed by atoms with van der Waals surface area (Å²) >= 11 is 1.41. The quantitative estimate of drug-likeness (QED) is 0.871. The zero-order valence-electron chi connectivity index (χ0n) is 12.4. The van der Waals surface area contributed by atoms with Gasteiger partial charge < -0.3 is 15.2 Å². The Kier molecular flexibility index (Phi) is 4.78. The fourth-order valence-corrected chi connectivity index (χ4v) is 2.91. The van der Waals surface area contributed by atoms with Crippen molar-refractivity contribution in [3.05, 3.63) is 39.6 Å². The molecule has 0 aliphatic rings. The zero-order chi connectivity index (χ0) is 15.4. The van der Waals surface area contributed by atoms with Gasteiger partial charge in [0.15, 0.2) is 0 Å². The van der Waals surface area contributed by atoms with Crippen LogP contribution in [0.15, 0.2) is 18.5 Å². The summed E-state index contributed by atoms with van der Waals surface area (Å²) in [5.74, 6) is 6.65. The molecular formula is C15H18N4OS. The van der Waals surface area contributed by atoms with Crippen LogP contribution in [0.2, 0.25) is 0 Å². The van der Waals surface area contributed by atoms with Crippen molar-refractivity contribution in [2.24, 2.45) is 12.8 Å². The maximum absolute atomic E-state index is 12.4. The molecule has 0 spiro atoms. The van der Waals surface area contributed by atoms with Crippen LogP contribution in [0.25, 0.3) is 0 Å². The third-order valence-corrected chi connectivity index (χ3v) is 4.22. The van der Waals surface area contributed by atoms with E-state index in [4.69, 9.17) is 5.73 Å². The second-order valence-corrected chi connectivity index (χ2v) is 5.80. The highest BCUT2D eigenvalue weighted by molar-refractivity contribution is 7.14. The third kappa shape index (κ3) is 3.51. The number of nitrogens with two attached hydrogens (primary N) is 1. The van der Waals surface area contributed by atoms with Crippen molar-refractivity contribution in [1.82, 2.24) is 14.5 Å². The Bertz CT molecular complexity index is 705. The summed E-state index contributed by atoms with van der Waals surface area (Å²) < 4.78 is 1.90. The Morgan fingerprint density at radius 1 is 1.57 bits per heavy atom. The molecule has 0 saturated heterocycles. The van der Waals surface area contributed by atoms with Crippen molar-refractivity contribution in [2.75, 3.05) is 13.6 Å². The molecule has 2 N–H and O–H groups in total. The van der Waals surface area contributed by atoms with E-state index < -0.39 is 0 Å². The lowest BCUT2D eigenvalue weighted by molar-refractivity contribution is 0.0785. The van der Waals surface area contributed by atoms with Crippen molar-refractivity contribution in [3.8, 4) is 11.8 Å². The second-order valence-electron chi connectivity index (χ2n) is 4.74. The zero-order valence-corrected chi connectivity index (χ0v) is 13.2. The van der Waals surface area contributed by atoms with Gasteiger partial charge in [-0.15, -0.1) is 11.3 Å². The predicted octanol–water partition coefficient (Wildman–Crippen LogP) is 1.37. The summed E-state index contributed by atoms with van der Waals surface area (Å²) in [7, 11) is 3.69. The number of hydrogen-bond acceptors (Lipinski definition) is 4. The van der Waals surface area contributed by atoms with Crippen LogP contribution in [-0.2, 0) is 13.6 Å². The number of imidazole rings is 1. The van der Waals surface area contributed by atoms with Crippen molar-refractivity contribution >= 4 is 17.2 Å². The van der Waals surface area contributed by atoms with E-state index in [1.807, 2.05) is 30.8 Å². The van der Waals surface area contributed by atoms with E-state index in [1.165, 1.54) is 11.3 Å². The lowest BCUT2D eigenvalue weighted by Gasteiger charge is -2.15. The van der Waals surface area contributed by atoms with Crippen molar-refractivity contribution in [2.45, 2.75) is 13.5 Å². The summed E-state index contributed by atoms with van der Waals surface area (Å²) in [5.41, 5.74) is 6.39. The molecule has 110 valence electrons. The van der Waals surface area contributed by atoms with E-state index in [-0.39, 0.29) is 5.91 Å². The van der Waals surface area contributed by atoms with Gasteiger partial charge in [-0.2, -0.15) is 0 Å². The Balaban J connectivity index is 2.14. The monoisotopic (exact) mass is 302 g/mol. The minimum atomic E-state index is -0.0214. The number of thiophene rings is 1. The van der Waals surface area contributed by atoms with Gasteiger partial charge in [0.25, 0.3) is 5.91 Å². The Labute approximate surface area is 128 Å². The largest absolute Gasteiger partial charge is 0.337 e. The highest BCUT2D eigenvalue weighted by atomic mass is 32.1. The first kappa shape index (κ1) is 15.3. The molecule has 5 nitrogen and oxygen atoms in total. The molecule has 2 aromatic heterocycles. The van der Waals surface area contributed by atoms with Crippen LogP contribution >= 0.6 is 11.3 Å². The van der Waals surface area contributed by atoms with Crippen LogP contribution in [0.3, 0.4) is 0 Å². The molecule has 0 fully saturated rings. The predicted molar refractivity (Wildman–Crippen MR) is 84.0 cm³/mol. The van der Waals surface area contributed by atoms with Crippen LogP contribution in [-0.4, -0.2) is 34.0 Å². The number of rotatable bonds is 3. The van der Waals surface area contributed by atoms with Crippen molar-refractivity contribution in [1.29, 1.82) is 0 Å².